The van der Waals surface area contributed by atoms with Crippen LogP contribution in [0.1, 0.15) is 26.7 Å². The Balaban J connectivity index is 2.89. The number of alkyl halides is 3. The normalized spacial score (nSPS) is 22.2. The lowest BCUT2D eigenvalue weighted by Crippen LogP contribution is -2.40. The van der Waals surface area contributed by atoms with Crippen molar-refractivity contribution in [1.82, 2.24) is 0 Å². The molecule has 1 rings (SSSR count). The van der Waals surface area contributed by atoms with E-state index in [1.807, 2.05) is 0 Å². The molecule has 0 bridgehead atoms. The van der Waals surface area contributed by atoms with E-state index in [4.69, 9.17) is 0 Å². The number of allylic oxidation sites excluding steroid dienone is 2. The van der Waals surface area contributed by atoms with Gasteiger partial charge < -0.3 is 0 Å². The van der Waals surface area contributed by atoms with Gasteiger partial charge in [0, 0.05) is 0 Å². The van der Waals surface area contributed by atoms with Gasteiger partial charge in [-0.2, -0.15) is 13.2 Å². The van der Waals surface area contributed by atoms with Crippen LogP contribution in [0.2, 0.25) is 0 Å². The summed E-state index contributed by atoms with van der Waals surface area (Å²) in [5.74, 6) is -0.340. The second-order valence-electron chi connectivity index (χ2n) is 3.69. The molecule has 0 spiro atoms. The molecule has 0 N–H and O–H groups in total. The first-order chi connectivity index (χ1) is 5.40. The van der Waals surface area contributed by atoms with Gasteiger partial charge in [-0.1, -0.05) is 26.0 Å². The lowest BCUT2D eigenvalue weighted by Gasteiger charge is -2.35. The summed E-state index contributed by atoms with van der Waals surface area (Å²) in [5.41, 5.74) is -1.48. The lowest BCUT2D eigenvalue weighted by molar-refractivity contribution is -0.235. The monoisotopic (exact) mass is 178 g/mol. The van der Waals surface area contributed by atoms with Crippen molar-refractivity contribution in [2.75, 3.05) is 0 Å². The van der Waals surface area contributed by atoms with Crippen LogP contribution in [0.15, 0.2) is 12.2 Å². The van der Waals surface area contributed by atoms with Gasteiger partial charge in [-0.25, -0.2) is 0 Å². The van der Waals surface area contributed by atoms with Crippen LogP contribution < -0.4 is 0 Å². The highest BCUT2D eigenvalue weighted by molar-refractivity contribution is 5.07. The molecular formula is C9H13F3. The molecule has 0 aromatic rings. The fraction of sp³-hybridized carbons (Fsp3) is 0.778. The van der Waals surface area contributed by atoms with E-state index < -0.39 is 11.6 Å². The van der Waals surface area contributed by atoms with Crippen molar-refractivity contribution in [3.8, 4) is 0 Å². The number of hydrogen-bond acceptors (Lipinski definition) is 0. The Hall–Kier alpha value is -0.470. The molecule has 1 aliphatic carbocycles. The molecule has 0 fully saturated rings. The first-order valence-electron chi connectivity index (χ1n) is 4.12. The highest BCUT2D eigenvalue weighted by atomic mass is 19.4. The molecule has 0 unspecified atom stereocenters. The summed E-state index contributed by atoms with van der Waals surface area (Å²) in [5, 5.41) is 0. The van der Waals surface area contributed by atoms with Crippen molar-refractivity contribution in [3.05, 3.63) is 12.2 Å². The second kappa shape index (κ2) is 2.79. The van der Waals surface area contributed by atoms with Crippen LogP contribution in [0.5, 0.6) is 0 Å². The van der Waals surface area contributed by atoms with E-state index in [1.54, 1.807) is 26.0 Å². The lowest BCUT2D eigenvalue weighted by atomic mass is 9.74. The van der Waals surface area contributed by atoms with E-state index in [2.05, 4.69) is 0 Å². The Morgan fingerprint density at radius 2 is 1.58 bits per heavy atom. The summed E-state index contributed by atoms with van der Waals surface area (Å²) in [6.45, 7) is 3.28. The quantitative estimate of drug-likeness (QED) is 0.539. The highest BCUT2D eigenvalue weighted by Crippen LogP contribution is 2.52. The summed E-state index contributed by atoms with van der Waals surface area (Å²) in [6, 6.07) is 0. The third kappa shape index (κ3) is 1.25. The Morgan fingerprint density at radius 3 is 1.75 bits per heavy atom. The molecule has 0 saturated heterocycles. The van der Waals surface area contributed by atoms with Crippen molar-refractivity contribution in [2.24, 2.45) is 11.3 Å². The summed E-state index contributed by atoms with van der Waals surface area (Å²) < 4.78 is 37.9. The van der Waals surface area contributed by atoms with Crippen molar-refractivity contribution in [3.63, 3.8) is 0 Å². The van der Waals surface area contributed by atoms with Crippen LogP contribution in [0, 0.1) is 11.3 Å². The van der Waals surface area contributed by atoms with E-state index in [0.717, 1.165) is 0 Å². The molecule has 0 amide bonds. The summed E-state index contributed by atoms with van der Waals surface area (Å²) in [4.78, 5) is 0. The number of halogens is 3. The minimum absolute atomic E-state index is 0.147. The molecule has 0 saturated carbocycles. The van der Waals surface area contributed by atoms with Gasteiger partial charge in [0.1, 0.15) is 0 Å². The fourth-order valence-electron chi connectivity index (χ4n) is 1.70. The molecule has 0 aromatic carbocycles. The fourth-order valence-corrected chi connectivity index (χ4v) is 1.70. The summed E-state index contributed by atoms with van der Waals surface area (Å²) >= 11 is 0. The van der Waals surface area contributed by atoms with Crippen LogP contribution in [-0.2, 0) is 0 Å². The van der Waals surface area contributed by atoms with Crippen LogP contribution >= 0.6 is 0 Å². The standard InChI is InChI=1S/C9H13F3/c1-7(2)8(9(10,11)12)5-3-4-6-8/h3-4,7H,5-6H2,1-2H3. The third-order valence-electron chi connectivity index (χ3n) is 2.80. The zero-order valence-electron chi connectivity index (χ0n) is 7.28. The Labute approximate surface area is 70.5 Å². The Bertz CT molecular complexity index is 180. The van der Waals surface area contributed by atoms with Gasteiger partial charge in [-0.3, -0.25) is 0 Å². The van der Waals surface area contributed by atoms with Gasteiger partial charge in [0.2, 0.25) is 0 Å². The van der Waals surface area contributed by atoms with Crippen molar-refractivity contribution in [1.29, 1.82) is 0 Å². The summed E-state index contributed by atoms with van der Waals surface area (Å²) in [6.07, 6.45) is -0.506. The zero-order chi connectivity index (χ0) is 9.41. The molecule has 0 aromatic heterocycles. The molecule has 1 aliphatic rings. The van der Waals surface area contributed by atoms with Crippen LogP contribution in [-0.4, -0.2) is 6.18 Å². The van der Waals surface area contributed by atoms with E-state index in [0.29, 0.717) is 0 Å². The van der Waals surface area contributed by atoms with E-state index in [9.17, 15) is 13.2 Å². The SMILES string of the molecule is CC(C)C1(C(F)(F)F)CC=CC1. The van der Waals surface area contributed by atoms with Gasteiger partial charge in [0.25, 0.3) is 0 Å². The second-order valence-corrected chi connectivity index (χ2v) is 3.69. The van der Waals surface area contributed by atoms with Crippen molar-refractivity contribution >= 4 is 0 Å². The molecule has 0 aliphatic heterocycles. The Kier molecular flexibility index (Phi) is 2.23. The van der Waals surface area contributed by atoms with Crippen molar-refractivity contribution in [2.45, 2.75) is 32.9 Å². The average molecular weight is 178 g/mol. The predicted molar refractivity (Wildman–Crippen MR) is 41.7 cm³/mol. The largest absolute Gasteiger partial charge is 0.395 e. The number of hydrogen-bond donors (Lipinski definition) is 0. The molecule has 0 atom stereocenters. The summed E-state index contributed by atoms with van der Waals surface area (Å²) in [7, 11) is 0. The third-order valence-corrected chi connectivity index (χ3v) is 2.80. The van der Waals surface area contributed by atoms with E-state index in [-0.39, 0.29) is 18.8 Å². The van der Waals surface area contributed by atoms with Gasteiger partial charge in [-0.05, 0) is 18.8 Å². The predicted octanol–water partition coefficient (Wildman–Crippen LogP) is 3.54. The maximum Gasteiger partial charge on any atom is 0.395 e. The van der Waals surface area contributed by atoms with Gasteiger partial charge in [0.15, 0.2) is 0 Å². The molecule has 0 heterocycles. The highest BCUT2D eigenvalue weighted by Gasteiger charge is 2.56. The maximum absolute atomic E-state index is 12.6. The van der Waals surface area contributed by atoms with Crippen LogP contribution in [0.25, 0.3) is 0 Å². The van der Waals surface area contributed by atoms with E-state index >= 15 is 0 Å². The molecule has 12 heavy (non-hydrogen) atoms. The van der Waals surface area contributed by atoms with Crippen LogP contribution in [0.3, 0.4) is 0 Å². The molecule has 0 radical (unpaired) electrons. The minimum atomic E-state index is -4.06. The average Bonchev–Trinajstić information content (AvgIpc) is 2.31. The molecule has 3 heteroatoms. The molecule has 0 nitrogen and oxygen atoms in total. The smallest absolute Gasteiger partial charge is 0.170 e. The van der Waals surface area contributed by atoms with Gasteiger partial charge in [-0.15, -0.1) is 0 Å². The first kappa shape index (κ1) is 9.62. The molecular weight excluding hydrogens is 165 g/mol. The van der Waals surface area contributed by atoms with E-state index in [1.165, 1.54) is 0 Å². The topological polar surface area (TPSA) is 0 Å². The first-order valence-corrected chi connectivity index (χ1v) is 4.12. The number of rotatable bonds is 1. The zero-order valence-corrected chi connectivity index (χ0v) is 7.28. The van der Waals surface area contributed by atoms with Crippen molar-refractivity contribution < 1.29 is 13.2 Å². The van der Waals surface area contributed by atoms with Gasteiger partial charge in [0.05, 0.1) is 5.41 Å². The minimum Gasteiger partial charge on any atom is -0.170 e. The molecule has 70 valence electrons. The Morgan fingerprint density at radius 1 is 1.17 bits per heavy atom. The van der Waals surface area contributed by atoms with Gasteiger partial charge >= 0.3 is 6.18 Å². The maximum atomic E-state index is 12.6. The van der Waals surface area contributed by atoms with Crippen LogP contribution in [0.4, 0.5) is 13.2 Å².